The van der Waals surface area contributed by atoms with Crippen molar-refractivity contribution in [3.05, 3.63) is 46.4 Å². The largest absolute Gasteiger partial charge is 0.384 e. The van der Waals surface area contributed by atoms with Crippen molar-refractivity contribution in [3.63, 3.8) is 0 Å². The first-order valence-corrected chi connectivity index (χ1v) is 6.59. The fraction of sp³-hybridized carbons (Fsp3) is 0.167. The molecule has 0 aliphatic rings. The summed E-state index contributed by atoms with van der Waals surface area (Å²) >= 11 is 7.02. The number of nitrogens with two attached hydrogens (primary N) is 1. The Labute approximate surface area is 114 Å². The first-order valence-electron chi connectivity index (χ1n) is 5.22. The highest BCUT2D eigenvalue weighted by Crippen LogP contribution is 2.23. The van der Waals surface area contributed by atoms with Crippen LogP contribution in [0.5, 0.6) is 0 Å². The predicted molar refractivity (Wildman–Crippen MR) is 72.2 cm³/mol. The van der Waals surface area contributed by atoms with E-state index in [1.54, 1.807) is 18.2 Å². The Hall–Kier alpha value is -1.33. The van der Waals surface area contributed by atoms with Crippen LogP contribution in [-0.2, 0) is 5.75 Å². The van der Waals surface area contributed by atoms with Crippen LogP contribution in [0.25, 0.3) is 0 Å². The lowest BCUT2D eigenvalue weighted by Crippen LogP contribution is -1.97. The van der Waals surface area contributed by atoms with Crippen molar-refractivity contribution >= 4 is 29.2 Å². The standard InChI is InChI=1S/C12H11ClFN3S/c1-7-4-11(15)17-12(16-7)18-6-8-2-3-9(13)5-10(8)14/h2-5H,6H2,1H3,(H2,15,16,17). The molecule has 2 N–H and O–H groups in total. The van der Waals surface area contributed by atoms with E-state index in [0.29, 0.717) is 27.3 Å². The second-order valence-corrected chi connectivity index (χ2v) is 5.12. The molecule has 1 aromatic carbocycles. The van der Waals surface area contributed by atoms with Crippen LogP contribution in [0.4, 0.5) is 10.2 Å². The number of nitrogens with zero attached hydrogens (tertiary/aromatic N) is 2. The SMILES string of the molecule is Cc1cc(N)nc(SCc2ccc(Cl)cc2F)n1. The first kappa shape index (κ1) is 13.1. The van der Waals surface area contributed by atoms with Gasteiger partial charge in [0.05, 0.1) is 0 Å². The fourth-order valence-corrected chi connectivity index (χ4v) is 2.47. The van der Waals surface area contributed by atoms with Gasteiger partial charge in [0.1, 0.15) is 11.6 Å². The molecule has 2 rings (SSSR count). The molecule has 0 atom stereocenters. The summed E-state index contributed by atoms with van der Waals surface area (Å²) < 4.78 is 13.5. The van der Waals surface area contributed by atoms with Crippen LogP contribution in [0.15, 0.2) is 29.4 Å². The number of hydrogen-bond acceptors (Lipinski definition) is 4. The second kappa shape index (κ2) is 5.54. The van der Waals surface area contributed by atoms with Gasteiger partial charge in [-0.15, -0.1) is 0 Å². The molecule has 18 heavy (non-hydrogen) atoms. The van der Waals surface area contributed by atoms with Crippen molar-refractivity contribution in [1.29, 1.82) is 0 Å². The number of halogens is 2. The van der Waals surface area contributed by atoms with Crippen molar-refractivity contribution in [2.24, 2.45) is 0 Å². The number of hydrogen-bond donors (Lipinski definition) is 1. The number of aryl methyl sites for hydroxylation is 1. The van der Waals surface area contributed by atoms with Crippen LogP contribution < -0.4 is 5.73 Å². The molecule has 0 aliphatic heterocycles. The zero-order chi connectivity index (χ0) is 13.1. The number of nitrogen functional groups attached to an aromatic ring is 1. The minimum Gasteiger partial charge on any atom is -0.384 e. The van der Waals surface area contributed by atoms with Gasteiger partial charge in [0.15, 0.2) is 5.16 Å². The summed E-state index contributed by atoms with van der Waals surface area (Å²) in [5, 5.41) is 0.930. The molecule has 3 nitrogen and oxygen atoms in total. The monoisotopic (exact) mass is 283 g/mol. The Kier molecular flexibility index (Phi) is 4.04. The molecule has 1 aromatic heterocycles. The van der Waals surface area contributed by atoms with Gasteiger partial charge in [-0.25, -0.2) is 14.4 Å². The highest BCUT2D eigenvalue weighted by Gasteiger charge is 2.06. The molecular formula is C12H11ClFN3S. The van der Waals surface area contributed by atoms with Crippen LogP contribution in [0.1, 0.15) is 11.3 Å². The lowest BCUT2D eigenvalue weighted by atomic mass is 10.2. The van der Waals surface area contributed by atoms with Crippen molar-refractivity contribution in [1.82, 2.24) is 9.97 Å². The molecule has 6 heteroatoms. The Morgan fingerprint density at radius 1 is 1.33 bits per heavy atom. The Bertz CT molecular complexity index is 557. The van der Waals surface area contributed by atoms with Gasteiger partial charge < -0.3 is 5.73 Å². The summed E-state index contributed by atoms with van der Waals surface area (Å²) in [7, 11) is 0. The summed E-state index contributed by atoms with van der Waals surface area (Å²) in [6.07, 6.45) is 0. The third kappa shape index (κ3) is 3.34. The molecule has 2 aromatic rings. The Morgan fingerprint density at radius 2 is 2.11 bits per heavy atom. The van der Waals surface area contributed by atoms with Crippen molar-refractivity contribution < 1.29 is 4.39 Å². The molecule has 0 aliphatic carbocycles. The molecule has 0 fully saturated rings. The third-order valence-electron chi connectivity index (χ3n) is 2.23. The van der Waals surface area contributed by atoms with Crippen molar-refractivity contribution in [2.45, 2.75) is 17.8 Å². The molecule has 0 spiro atoms. The van der Waals surface area contributed by atoms with E-state index in [2.05, 4.69) is 9.97 Å². The highest BCUT2D eigenvalue weighted by atomic mass is 35.5. The lowest BCUT2D eigenvalue weighted by molar-refractivity contribution is 0.617. The van der Waals surface area contributed by atoms with Gasteiger partial charge in [-0.3, -0.25) is 0 Å². The molecule has 94 valence electrons. The lowest BCUT2D eigenvalue weighted by Gasteiger charge is -2.04. The summed E-state index contributed by atoms with van der Waals surface area (Å²) in [4.78, 5) is 8.30. The van der Waals surface area contributed by atoms with Crippen LogP contribution in [0.3, 0.4) is 0 Å². The molecule has 1 heterocycles. The van der Waals surface area contributed by atoms with Crippen LogP contribution in [0, 0.1) is 12.7 Å². The second-order valence-electron chi connectivity index (χ2n) is 3.74. The first-order chi connectivity index (χ1) is 8.54. The molecule has 0 saturated heterocycles. The summed E-state index contributed by atoms with van der Waals surface area (Å²) in [5.74, 6) is 0.531. The van der Waals surface area contributed by atoms with E-state index in [-0.39, 0.29) is 5.82 Å². The smallest absolute Gasteiger partial charge is 0.190 e. The van der Waals surface area contributed by atoms with Gasteiger partial charge in [0.25, 0.3) is 0 Å². The molecule has 0 radical (unpaired) electrons. The number of thioether (sulfide) groups is 1. The van der Waals surface area contributed by atoms with E-state index in [1.165, 1.54) is 17.8 Å². The maximum atomic E-state index is 13.5. The Morgan fingerprint density at radius 3 is 2.78 bits per heavy atom. The maximum absolute atomic E-state index is 13.5. The van der Waals surface area contributed by atoms with E-state index in [1.807, 2.05) is 6.92 Å². The highest BCUT2D eigenvalue weighted by molar-refractivity contribution is 7.98. The number of rotatable bonds is 3. The normalized spacial score (nSPS) is 10.6. The van der Waals surface area contributed by atoms with Gasteiger partial charge in [0, 0.05) is 22.5 Å². The summed E-state index contributed by atoms with van der Waals surface area (Å²) in [6, 6.07) is 6.30. The van der Waals surface area contributed by atoms with E-state index in [4.69, 9.17) is 17.3 Å². The molecule has 0 unspecified atom stereocenters. The van der Waals surface area contributed by atoms with E-state index in [0.717, 1.165) is 5.69 Å². The predicted octanol–water partition coefficient (Wildman–Crippen LogP) is 3.45. The van der Waals surface area contributed by atoms with Gasteiger partial charge in [0.2, 0.25) is 0 Å². The average molecular weight is 284 g/mol. The van der Waals surface area contributed by atoms with Gasteiger partial charge in [-0.1, -0.05) is 29.4 Å². The fourth-order valence-electron chi connectivity index (χ4n) is 1.41. The molecule has 0 saturated carbocycles. The minimum absolute atomic E-state index is 0.323. The van der Waals surface area contributed by atoms with Crippen LogP contribution in [-0.4, -0.2) is 9.97 Å². The average Bonchev–Trinajstić information content (AvgIpc) is 2.26. The molecule has 0 bridgehead atoms. The quantitative estimate of drug-likeness (QED) is 0.692. The number of benzene rings is 1. The van der Waals surface area contributed by atoms with E-state index < -0.39 is 0 Å². The minimum atomic E-state index is -0.323. The number of anilines is 1. The zero-order valence-corrected chi connectivity index (χ0v) is 11.2. The zero-order valence-electron chi connectivity index (χ0n) is 9.65. The maximum Gasteiger partial charge on any atom is 0.190 e. The van der Waals surface area contributed by atoms with Crippen molar-refractivity contribution in [2.75, 3.05) is 5.73 Å². The summed E-state index contributed by atoms with van der Waals surface area (Å²) in [5.41, 5.74) is 6.98. The number of aromatic nitrogens is 2. The van der Waals surface area contributed by atoms with Crippen LogP contribution >= 0.6 is 23.4 Å². The van der Waals surface area contributed by atoms with Gasteiger partial charge >= 0.3 is 0 Å². The Balaban J connectivity index is 2.11. The topological polar surface area (TPSA) is 51.8 Å². The third-order valence-corrected chi connectivity index (χ3v) is 3.36. The van der Waals surface area contributed by atoms with Gasteiger partial charge in [-0.05, 0) is 24.6 Å². The molecule has 0 amide bonds. The van der Waals surface area contributed by atoms with Crippen LogP contribution in [0.2, 0.25) is 5.02 Å². The van der Waals surface area contributed by atoms with Crippen molar-refractivity contribution in [3.8, 4) is 0 Å². The van der Waals surface area contributed by atoms with Gasteiger partial charge in [-0.2, -0.15) is 0 Å². The molecular weight excluding hydrogens is 273 g/mol. The summed E-state index contributed by atoms with van der Waals surface area (Å²) in [6.45, 7) is 1.84. The van der Waals surface area contributed by atoms with E-state index >= 15 is 0 Å². The van der Waals surface area contributed by atoms with E-state index in [9.17, 15) is 4.39 Å².